The summed E-state index contributed by atoms with van der Waals surface area (Å²) in [7, 11) is 0. The number of halogens is 1. The minimum atomic E-state index is -0.202. The fraction of sp³-hybridized carbons (Fsp3) is 0.533. The van der Waals surface area contributed by atoms with E-state index < -0.39 is 0 Å². The van der Waals surface area contributed by atoms with Crippen LogP contribution in [0.15, 0.2) is 24.3 Å². The van der Waals surface area contributed by atoms with Gasteiger partial charge in [-0.25, -0.2) is 4.39 Å². The van der Waals surface area contributed by atoms with Crippen molar-refractivity contribution in [1.29, 1.82) is 0 Å². The van der Waals surface area contributed by atoms with Crippen LogP contribution in [-0.2, 0) is 11.2 Å². The van der Waals surface area contributed by atoms with Gasteiger partial charge in [0, 0.05) is 13.0 Å². The van der Waals surface area contributed by atoms with Crippen molar-refractivity contribution < 1.29 is 9.18 Å². The van der Waals surface area contributed by atoms with Gasteiger partial charge in [0.1, 0.15) is 5.82 Å². The topological polar surface area (TPSA) is 55.1 Å². The van der Waals surface area contributed by atoms with Crippen LogP contribution in [0, 0.1) is 11.2 Å². The summed E-state index contributed by atoms with van der Waals surface area (Å²) in [6.07, 6.45) is 1.64. The highest BCUT2D eigenvalue weighted by atomic mass is 19.1. The molecule has 1 rings (SSSR count). The lowest BCUT2D eigenvalue weighted by molar-refractivity contribution is -0.121. The smallest absolute Gasteiger partial charge is 0.220 e. The van der Waals surface area contributed by atoms with E-state index in [1.165, 1.54) is 6.07 Å². The van der Waals surface area contributed by atoms with Crippen LogP contribution in [0.4, 0.5) is 4.39 Å². The number of rotatable bonds is 7. The van der Waals surface area contributed by atoms with Crippen molar-refractivity contribution in [3.05, 3.63) is 35.6 Å². The minimum Gasteiger partial charge on any atom is -0.356 e. The Morgan fingerprint density at radius 3 is 2.68 bits per heavy atom. The normalized spacial score (nSPS) is 11.4. The van der Waals surface area contributed by atoms with Gasteiger partial charge in [0.2, 0.25) is 5.91 Å². The van der Waals surface area contributed by atoms with Crippen molar-refractivity contribution in [2.45, 2.75) is 33.1 Å². The Kier molecular flexibility index (Phi) is 5.96. The molecule has 0 aromatic heterocycles. The lowest BCUT2D eigenvalue weighted by Gasteiger charge is -2.22. The van der Waals surface area contributed by atoms with Gasteiger partial charge in [-0.05, 0) is 36.4 Å². The molecule has 0 aliphatic rings. The molecule has 0 saturated heterocycles. The third-order valence-electron chi connectivity index (χ3n) is 3.12. The lowest BCUT2D eigenvalue weighted by Crippen LogP contribution is -2.38. The number of benzene rings is 1. The van der Waals surface area contributed by atoms with Gasteiger partial charge in [0.05, 0.1) is 0 Å². The predicted octanol–water partition coefficient (Wildman–Crippen LogP) is 2.25. The number of carbonyl (C=O) groups is 1. The summed E-state index contributed by atoms with van der Waals surface area (Å²) in [5.41, 5.74) is 6.17. The summed E-state index contributed by atoms with van der Waals surface area (Å²) < 4.78 is 13.3. The molecule has 19 heavy (non-hydrogen) atoms. The maximum Gasteiger partial charge on any atom is 0.220 e. The summed E-state index contributed by atoms with van der Waals surface area (Å²) in [6, 6.07) is 6.67. The van der Waals surface area contributed by atoms with E-state index in [0.29, 0.717) is 37.9 Å². The SMILES string of the molecule is CC(C)(CN)CNC(=O)CCCc1ccccc1F. The third-order valence-corrected chi connectivity index (χ3v) is 3.12. The fourth-order valence-corrected chi connectivity index (χ4v) is 1.64. The second-order valence-corrected chi connectivity index (χ2v) is 5.59. The van der Waals surface area contributed by atoms with E-state index in [2.05, 4.69) is 5.32 Å². The zero-order chi connectivity index (χ0) is 14.3. The van der Waals surface area contributed by atoms with Crippen molar-refractivity contribution in [3.63, 3.8) is 0 Å². The average Bonchev–Trinajstić information content (AvgIpc) is 2.39. The fourth-order valence-electron chi connectivity index (χ4n) is 1.64. The number of hydrogen-bond donors (Lipinski definition) is 2. The first-order valence-electron chi connectivity index (χ1n) is 6.65. The van der Waals surface area contributed by atoms with Gasteiger partial charge >= 0.3 is 0 Å². The summed E-state index contributed by atoms with van der Waals surface area (Å²) in [6.45, 7) is 5.11. The monoisotopic (exact) mass is 266 g/mol. The number of amides is 1. The molecule has 0 saturated carbocycles. The Labute approximate surface area is 114 Å². The maximum absolute atomic E-state index is 13.3. The minimum absolute atomic E-state index is 0.00198. The molecular weight excluding hydrogens is 243 g/mol. The summed E-state index contributed by atoms with van der Waals surface area (Å²) >= 11 is 0. The van der Waals surface area contributed by atoms with E-state index in [1.54, 1.807) is 12.1 Å². The molecule has 1 aromatic carbocycles. The highest BCUT2D eigenvalue weighted by molar-refractivity contribution is 5.75. The van der Waals surface area contributed by atoms with Crippen LogP contribution in [0.2, 0.25) is 0 Å². The quantitative estimate of drug-likeness (QED) is 0.795. The van der Waals surface area contributed by atoms with E-state index >= 15 is 0 Å². The molecule has 0 spiro atoms. The molecule has 1 aromatic rings. The zero-order valence-electron chi connectivity index (χ0n) is 11.7. The van der Waals surface area contributed by atoms with E-state index in [-0.39, 0.29) is 17.1 Å². The van der Waals surface area contributed by atoms with Gasteiger partial charge in [-0.3, -0.25) is 4.79 Å². The second kappa shape index (κ2) is 7.24. The van der Waals surface area contributed by atoms with Crippen molar-refractivity contribution in [1.82, 2.24) is 5.32 Å². The predicted molar refractivity (Wildman–Crippen MR) is 75.2 cm³/mol. The molecule has 0 heterocycles. The summed E-state index contributed by atoms with van der Waals surface area (Å²) in [5.74, 6) is -0.204. The van der Waals surface area contributed by atoms with E-state index in [1.807, 2.05) is 19.9 Å². The molecule has 0 aliphatic heterocycles. The third kappa shape index (κ3) is 5.83. The number of nitrogens with two attached hydrogens (primary N) is 1. The number of nitrogens with one attached hydrogen (secondary N) is 1. The molecule has 4 heteroatoms. The van der Waals surface area contributed by atoms with E-state index in [4.69, 9.17) is 5.73 Å². The van der Waals surface area contributed by atoms with Crippen LogP contribution in [0.3, 0.4) is 0 Å². The molecule has 0 bridgehead atoms. The molecule has 0 atom stereocenters. The molecule has 3 N–H and O–H groups in total. The molecule has 0 radical (unpaired) electrons. The van der Waals surface area contributed by atoms with Crippen molar-refractivity contribution >= 4 is 5.91 Å². The van der Waals surface area contributed by atoms with Gasteiger partial charge in [0.15, 0.2) is 0 Å². The van der Waals surface area contributed by atoms with Crippen molar-refractivity contribution in [2.75, 3.05) is 13.1 Å². The van der Waals surface area contributed by atoms with Crippen LogP contribution >= 0.6 is 0 Å². The summed E-state index contributed by atoms with van der Waals surface area (Å²) in [4.78, 5) is 11.6. The lowest BCUT2D eigenvalue weighted by atomic mass is 9.94. The van der Waals surface area contributed by atoms with Crippen molar-refractivity contribution in [3.8, 4) is 0 Å². The Morgan fingerprint density at radius 2 is 2.05 bits per heavy atom. The van der Waals surface area contributed by atoms with Crippen LogP contribution in [-0.4, -0.2) is 19.0 Å². The number of hydrogen-bond acceptors (Lipinski definition) is 2. The molecule has 3 nitrogen and oxygen atoms in total. The Morgan fingerprint density at radius 1 is 1.37 bits per heavy atom. The first kappa shape index (κ1) is 15.6. The highest BCUT2D eigenvalue weighted by Gasteiger charge is 2.16. The standard InChI is InChI=1S/C15H23FN2O/c1-15(2,10-17)11-18-14(19)9-5-7-12-6-3-4-8-13(12)16/h3-4,6,8H,5,7,9-11,17H2,1-2H3,(H,18,19). The van der Waals surface area contributed by atoms with Crippen LogP contribution < -0.4 is 11.1 Å². The Bertz CT molecular complexity index is 418. The zero-order valence-corrected chi connectivity index (χ0v) is 11.7. The molecule has 1 amide bonds. The van der Waals surface area contributed by atoms with Gasteiger partial charge in [-0.1, -0.05) is 32.0 Å². The van der Waals surface area contributed by atoms with Crippen LogP contribution in [0.25, 0.3) is 0 Å². The molecule has 0 aliphatic carbocycles. The highest BCUT2D eigenvalue weighted by Crippen LogP contribution is 2.11. The number of aryl methyl sites for hydroxylation is 1. The molecule has 0 unspecified atom stereocenters. The Hall–Kier alpha value is -1.42. The largest absolute Gasteiger partial charge is 0.356 e. The molecular formula is C15H23FN2O. The van der Waals surface area contributed by atoms with Crippen LogP contribution in [0.1, 0.15) is 32.3 Å². The van der Waals surface area contributed by atoms with Gasteiger partial charge < -0.3 is 11.1 Å². The molecule has 106 valence electrons. The van der Waals surface area contributed by atoms with Gasteiger partial charge in [-0.15, -0.1) is 0 Å². The number of carbonyl (C=O) groups excluding carboxylic acids is 1. The first-order chi connectivity index (χ1) is 8.94. The van der Waals surface area contributed by atoms with Crippen LogP contribution in [0.5, 0.6) is 0 Å². The Balaban J connectivity index is 2.26. The van der Waals surface area contributed by atoms with Gasteiger partial charge in [-0.2, -0.15) is 0 Å². The maximum atomic E-state index is 13.3. The first-order valence-corrected chi connectivity index (χ1v) is 6.65. The van der Waals surface area contributed by atoms with E-state index in [0.717, 1.165) is 0 Å². The van der Waals surface area contributed by atoms with Gasteiger partial charge in [0.25, 0.3) is 0 Å². The second-order valence-electron chi connectivity index (χ2n) is 5.59. The molecule has 0 fully saturated rings. The van der Waals surface area contributed by atoms with Crippen molar-refractivity contribution in [2.24, 2.45) is 11.1 Å². The average molecular weight is 266 g/mol. The van der Waals surface area contributed by atoms with E-state index in [9.17, 15) is 9.18 Å². The summed E-state index contributed by atoms with van der Waals surface area (Å²) in [5, 5.41) is 2.86.